The largest absolute Gasteiger partial charge is 0.352 e. The zero-order chi connectivity index (χ0) is 21.9. The number of aryl methyl sites for hydroxylation is 2. The van der Waals surface area contributed by atoms with Gasteiger partial charge in [0.15, 0.2) is 0 Å². The summed E-state index contributed by atoms with van der Waals surface area (Å²) in [7, 11) is -3.62. The van der Waals surface area contributed by atoms with Gasteiger partial charge in [0.25, 0.3) is 0 Å². The molecule has 162 valence electrons. The number of carbonyl (C=O) groups excluding carboxylic acids is 2. The van der Waals surface area contributed by atoms with E-state index in [2.05, 4.69) is 10.6 Å². The molecule has 1 aromatic carbocycles. The fourth-order valence-electron chi connectivity index (χ4n) is 3.74. The van der Waals surface area contributed by atoms with E-state index in [0.29, 0.717) is 30.8 Å². The highest BCUT2D eigenvalue weighted by atomic mass is 32.2. The second-order valence-corrected chi connectivity index (χ2v) is 10.1. The molecular weight excluding hydrogens is 390 g/mol. The maximum absolute atomic E-state index is 13.3. The Morgan fingerprint density at radius 1 is 1.07 bits per heavy atom. The molecule has 0 radical (unpaired) electrons. The van der Waals surface area contributed by atoms with Crippen LogP contribution in [0.1, 0.15) is 48.9 Å². The van der Waals surface area contributed by atoms with Gasteiger partial charge in [-0.3, -0.25) is 9.59 Å². The van der Waals surface area contributed by atoms with Crippen LogP contribution in [0.5, 0.6) is 0 Å². The Morgan fingerprint density at radius 3 is 2.07 bits per heavy atom. The summed E-state index contributed by atoms with van der Waals surface area (Å²) in [5, 5.41) is 5.38. The molecule has 1 saturated heterocycles. The molecule has 1 heterocycles. The Kier molecular flexibility index (Phi) is 7.45. The molecule has 29 heavy (non-hydrogen) atoms. The van der Waals surface area contributed by atoms with Gasteiger partial charge in [0.1, 0.15) is 0 Å². The van der Waals surface area contributed by atoms with E-state index in [1.165, 1.54) is 4.31 Å². The minimum Gasteiger partial charge on any atom is -0.352 e. The van der Waals surface area contributed by atoms with Crippen LogP contribution in [0.25, 0.3) is 0 Å². The van der Waals surface area contributed by atoms with Gasteiger partial charge in [-0.2, -0.15) is 4.31 Å². The van der Waals surface area contributed by atoms with Crippen LogP contribution in [-0.2, 0) is 19.6 Å². The molecule has 1 aliphatic heterocycles. The van der Waals surface area contributed by atoms with Crippen molar-refractivity contribution in [2.24, 2.45) is 5.92 Å². The number of hydrogen-bond acceptors (Lipinski definition) is 4. The van der Waals surface area contributed by atoms with Crippen molar-refractivity contribution < 1.29 is 18.0 Å². The predicted molar refractivity (Wildman–Crippen MR) is 113 cm³/mol. The molecule has 0 saturated carbocycles. The number of hydrogen-bond donors (Lipinski definition) is 2. The van der Waals surface area contributed by atoms with Gasteiger partial charge < -0.3 is 10.6 Å². The van der Waals surface area contributed by atoms with Crippen LogP contribution in [0.3, 0.4) is 0 Å². The van der Waals surface area contributed by atoms with Crippen molar-refractivity contribution in [1.29, 1.82) is 0 Å². The smallest absolute Gasteiger partial charge is 0.243 e. The van der Waals surface area contributed by atoms with E-state index in [1.54, 1.807) is 0 Å². The van der Waals surface area contributed by atoms with Crippen molar-refractivity contribution in [3.63, 3.8) is 0 Å². The highest BCUT2D eigenvalue weighted by Gasteiger charge is 2.34. The van der Waals surface area contributed by atoms with E-state index >= 15 is 0 Å². The first kappa shape index (κ1) is 23.3. The molecule has 0 atom stereocenters. The van der Waals surface area contributed by atoms with Crippen molar-refractivity contribution in [1.82, 2.24) is 14.9 Å². The molecule has 2 N–H and O–H groups in total. The lowest BCUT2D eigenvalue weighted by atomic mass is 9.97. The molecule has 1 aliphatic rings. The standard InChI is InChI=1S/C21H33N3O4S/c1-13(2)23-19(25)12-22-21(26)18-7-9-24(10-8-18)29(27,28)20-16(5)14(3)11-15(4)17(20)6/h11,13,18H,7-10,12H2,1-6H3,(H,22,26)(H,23,25). The zero-order valence-corrected chi connectivity index (χ0v) is 19.1. The fourth-order valence-corrected chi connectivity index (χ4v) is 5.79. The van der Waals surface area contributed by atoms with Crippen molar-refractivity contribution >= 4 is 21.8 Å². The van der Waals surface area contributed by atoms with Gasteiger partial charge in [-0.15, -0.1) is 0 Å². The molecule has 1 aromatic rings. The molecule has 1 fully saturated rings. The quantitative estimate of drug-likeness (QED) is 0.731. The Hall–Kier alpha value is -1.93. The van der Waals surface area contributed by atoms with Crippen molar-refractivity contribution in [2.45, 2.75) is 65.3 Å². The Bertz CT molecular complexity index is 859. The molecule has 0 bridgehead atoms. The van der Waals surface area contributed by atoms with E-state index in [9.17, 15) is 18.0 Å². The van der Waals surface area contributed by atoms with Crippen LogP contribution in [0.2, 0.25) is 0 Å². The summed E-state index contributed by atoms with van der Waals surface area (Å²) in [5.74, 6) is -0.705. The number of piperidine rings is 1. The monoisotopic (exact) mass is 423 g/mol. The van der Waals surface area contributed by atoms with E-state index in [0.717, 1.165) is 22.3 Å². The second-order valence-electron chi connectivity index (χ2n) is 8.21. The number of carbonyl (C=O) groups is 2. The van der Waals surface area contributed by atoms with E-state index < -0.39 is 10.0 Å². The fraction of sp³-hybridized carbons (Fsp3) is 0.619. The maximum atomic E-state index is 13.3. The molecule has 8 heteroatoms. The first-order valence-electron chi connectivity index (χ1n) is 10.1. The van der Waals surface area contributed by atoms with E-state index in [4.69, 9.17) is 0 Å². The van der Waals surface area contributed by atoms with Gasteiger partial charge in [-0.25, -0.2) is 8.42 Å². The van der Waals surface area contributed by atoms with Gasteiger partial charge >= 0.3 is 0 Å². The van der Waals surface area contributed by atoms with Crippen LogP contribution in [-0.4, -0.2) is 50.2 Å². The summed E-state index contributed by atoms with van der Waals surface area (Å²) in [6.07, 6.45) is 0.888. The van der Waals surface area contributed by atoms with Crippen LogP contribution in [0.4, 0.5) is 0 Å². The first-order chi connectivity index (χ1) is 13.4. The summed E-state index contributed by atoms with van der Waals surface area (Å²) < 4.78 is 28.1. The van der Waals surface area contributed by atoms with Crippen molar-refractivity contribution in [2.75, 3.05) is 19.6 Å². The predicted octanol–water partition coefficient (Wildman–Crippen LogP) is 1.96. The summed E-state index contributed by atoms with van der Waals surface area (Å²) in [4.78, 5) is 24.4. The highest BCUT2D eigenvalue weighted by Crippen LogP contribution is 2.31. The topological polar surface area (TPSA) is 95.6 Å². The Morgan fingerprint density at radius 2 is 1.59 bits per heavy atom. The van der Waals surface area contributed by atoms with Crippen LogP contribution in [0.15, 0.2) is 11.0 Å². The van der Waals surface area contributed by atoms with Crippen molar-refractivity contribution in [3.8, 4) is 0 Å². The SMILES string of the molecule is Cc1cc(C)c(C)c(S(=O)(=O)N2CCC(C(=O)NCC(=O)NC(C)C)CC2)c1C. The molecular formula is C21H33N3O4S. The van der Waals surface area contributed by atoms with Crippen molar-refractivity contribution in [3.05, 3.63) is 28.3 Å². The van der Waals surface area contributed by atoms with E-state index in [-0.39, 0.29) is 30.3 Å². The first-order valence-corrected chi connectivity index (χ1v) is 11.5. The lowest BCUT2D eigenvalue weighted by molar-refractivity contribution is -0.129. The van der Waals surface area contributed by atoms with Gasteiger partial charge in [0.05, 0.1) is 11.4 Å². The second kappa shape index (κ2) is 9.26. The zero-order valence-electron chi connectivity index (χ0n) is 18.3. The van der Waals surface area contributed by atoms with Crippen LogP contribution < -0.4 is 10.6 Å². The molecule has 0 aromatic heterocycles. The van der Waals surface area contributed by atoms with Crippen LogP contribution >= 0.6 is 0 Å². The lowest BCUT2D eigenvalue weighted by Gasteiger charge is -2.31. The molecule has 0 unspecified atom stereocenters. The number of nitrogens with one attached hydrogen (secondary N) is 2. The average molecular weight is 424 g/mol. The third kappa shape index (κ3) is 5.36. The normalized spacial score (nSPS) is 16.1. The summed E-state index contributed by atoms with van der Waals surface area (Å²) in [5.41, 5.74) is 3.48. The summed E-state index contributed by atoms with van der Waals surface area (Å²) in [6, 6.07) is 2.03. The molecule has 0 aliphatic carbocycles. The molecule has 2 amide bonds. The lowest BCUT2D eigenvalue weighted by Crippen LogP contribution is -2.45. The maximum Gasteiger partial charge on any atom is 0.243 e. The number of sulfonamides is 1. The summed E-state index contributed by atoms with van der Waals surface area (Å²) >= 11 is 0. The van der Waals surface area contributed by atoms with Gasteiger partial charge in [-0.05, 0) is 76.6 Å². The molecule has 0 spiro atoms. The van der Waals surface area contributed by atoms with Gasteiger partial charge in [0, 0.05) is 25.0 Å². The highest BCUT2D eigenvalue weighted by molar-refractivity contribution is 7.89. The molecule has 2 rings (SSSR count). The number of amides is 2. The van der Waals surface area contributed by atoms with Gasteiger partial charge in [0.2, 0.25) is 21.8 Å². The minimum atomic E-state index is -3.62. The third-order valence-electron chi connectivity index (χ3n) is 5.59. The number of benzene rings is 1. The molecule has 7 nitrogen and oxygen atoms in total. The average Bonchev–Trinajstić information content (AvgIpc) is 2.64. The summed E-state index contributed by atoms with van der Waals surface area (Å²) in [6.45, 7) is 11.8. The van der Waals surface area contributed by atoms with E-state index in [1.807, 2.05) is 47.6 Å². The minimum absolute atomic E-state index is 0.0185. The van der Waals surface area contributed by atoms with Crippen LogP contribution in [0, 0.1) is 33.6 Å². The van der Waals surface area contributed by atoms with Gasteiger partial charge in [-0.1, -0.05) is 6.07 Å². The number of rotatable bonds is 6. The number of nitrogens with zero attached hydrogens (tertiary/aromatic N) is 1. The Balaban J connectivity index is 2.04. The Labute approximate surface area is 174 Å². The third-order valence-corrected chi connectivity index (χ3v) is 7.77.